The molecule has 2 aromatic rings. The third-order valence-electron chi connectivity index (χ3n) is 4.75. The maximum absolute atomic E-state index is 12.6. The van der Waals surface area contributed by atoms with Crippen molar-refractivity contribution < 1.29 is 18.9 Å². The number of anilines is 1. The number of hydrogen-bond donors (Lipinski definition) is 1. The van der Waals surface area contributed by atoms with E-state index in [0.29, 0.717) is 31.1 Å². The highest BCUT2D eigenvalue weighted by atomic mass is 16.6. The summed E-state index contributed by atoms with van der Waals surface area (Å²) in [5.74, 6) is 1.59. The van der Waals surface area contributed by atoms with Crippen LogP contribution in [0.1, 0.15) is 24.2 Å². The fourth-order valence-electron chi connectivity index (χ4n) is 3.36. The molecular formula is C18H22N4O4. The van der Waals surface area contributed by atoms with E-state index in [0.717, 1.165) is 36.6 Å². The number of benzene rings is 1. The van der Waals surface area contributed by atoms with E-state index in [-0.39, 0.29) is 18.4 Å². The van der Waals surface area contributed by atoms with E-state index in [2.05, 4.69) is 20.3 Å². The highest BCUT2D eigenvalue weighted by Crippen LogP contribution is 2.33. The molecule has 1 unspecified atom stereocenters. The van der Waals surface area contributed by atoms with Crippen LogP contribution < -0.4 is 14.8 Å². The van der Waals surface area contributed by atoms with Crippen molar-refractivity contribution in [2.24, 2.45) is 0 Å². The minimum atomic E-state index is 0.0532. The number of fused-ring (bicyclic) bond motifs is 1. The second-order valence-electron chi connectivity index (χ2n) is 6.65. The molecule has 1 aromatic heterocycles. The molecule has 1 aromatic carbocycles. The molecule has 1 atom stereocenters. The van der Waals surface area contributed by atoms with Crippen LogP contribution in [0.15, 0.2) is 22.8 Å². The molecule has 0 aliphatic carbocycles. The Morgan fingerprint density at radius 2 is 2.12 bits per heavy atom. The van der Waals surface area contributed by atoms with Crippen LogP contribution in [0.2, 0.25) is 0 Å². The number of nitrogens with zero attached hydrogens (tertiary/aromatic N) is 3. The molecule has 2 aliphatic heterocycles. The molecule has 26 heavy (non-hydrogen) atoms. The van der Waals surface area contributed by atoms with Gasteiger partial charge in [-0.15, -0.1) is 0 Å². The predicted octanol–water partition coefficient (Wildman–Crippen LogP) is 1.79. The molecular weight excluding hydrogens is 336 g/mol. The zero-order chi connectivity index (χ0) is 17.9. The molecule has 1 N–H and O–H groups in total. The minimum absolute atomic E-state index is 0.0532. The highest BCUT2D eigenvalue weighted by Gasteiger charge is 2.25. The summed E-state index contributed by atoms with van der Waals surface area (Å²) in [6.07, 6.45) is 2.21. The molecule has 4 rings (SSSR count). The van der Waals surface area contributed by atoms with Crippen LogP contribution in [0.4, 0.5) is 5.69 Å². The van der Waals surface area contributed by atoms with Gasteiger partial charge in [0.05, 0.1) is 6.42 Å². The third-order valence-corrected chi connectivity index (χ3v) is 4.75. The smallest absolute Gasteiger partial charge is 0.228 e. The number of nitrogens with one attached hydrogen (secondary N) is 1. The lowest BCUT2D eigenvalue weighted by molar-refractivity contribution is -0.131. The number of ether oxygens (including phenoxy) is 2. The number of amides is 1. The van der Waals surface area contributed by atoms with Gasteiger partial charge < -0.3 is 19.7 Å². The first-order valence-corrected chi connectivity index (χ1v) is 8.91. The normalized spacial score (nSPS) is 19.3. The standard InChI is InChI=1S/C18H22N4O4/c1-12-15(21-26-20-12)10-18(23)22-6-2-3-14(11-22)19-13-4-5-16-17(9-13)25-8-7-24-16/h4-5,9,14,19H,2-3,6-8,10-11H2,1H3. The number of carbonyl (C=O) groups excluding carboxylic acids is 1. The number of carbonyl (C=O) groups is 1. The quantitative estimate of drug-likeness (QED) is 0.891. The van der Waals surface area contributed by atoms with E-state index >= 15 is 0 Å². The minimum Gasteiger partial charge on any atom is -0.486 e. The van der Waals surface area contributed by atoms with Crippen LogP contribution in [0.3, 0.4) is 0 Å². The zero-order valence-corrected chi connectivity index (χ0v) is 14.7. The molecule has 8 nitrogen and oxygen atoms in total. The number of likely N-dealkylation sites (tertiary alicyclic amines) is 1. The average molecular weight is 358 g/mol. The molecule has 1 saturated heterocycles. The molecule has 138 valence electrons. The molecule has 0 saturated carbocycles. The molecule has 1 amide bonds. The van der Waals surface area contributed by atoms with E-state index < -0.39 is 0 Å². The van der Waals surface area contributed by atoms with Crippen molar-refractivity contribution in [3.05, 3.63) is 29.6 Å². The van der Waals surface area contributed by atoms with Crippen LogP contribution >= 0.6 is 0 Å². The summed E-state index contributed by atoms with van der Waals surface area (Å²) >= 11 is 0. The van der Waals surface area contributed by atoms with Gasteiger partial charge in [0.2, 0.25) is 5.91 Å². The fourth-order valence-corrected chi connectivity index (χ4v) is 3.36. The second kappa shape index (κ2) is 7.23. The Balaban J connectivity index is 1.37. The Morgan fingerprint density at radius 3 is 2.92 bits per heavy atom. The van der Waals surface area contributed by atoms with E-state index in [4.69, 9.17) is 9.47 Å². The van der Waals surface area contributed by atoms with Crippen molar-refractivity contribution in [1.29, 1.82) is 0 Å². The summed E-state index contributed by atoms with van der Waals surface area (Å²) in [6.45, 7) is 4.38. The molecule has 0 radical (unpaired) electrons. The molecule has 0 bridgehead atoms. The summed E-state index contributed by atoms with van der Waals surface area (Å²) in [6, 6.07) is 6.06. The monoisotopic (exact) mass is 358 g/mol. The van der Waals surface area contributed by atoms with Crippen molar-refractivity contribution in [2.75, 3.05) is 31.6 Å². The summed E-state index contributed by atoms with van der Waals surface area (Å²) in [7, 11) is 0. The largest absolute Gasteiger partial charge is 0.486 e. The first kappa shape index (κ1) is 16.7. The maximum Gasteiger partial charge on any atom is 0.228 e. The van der Waals surface area contributed by atoms with Gasteiger partial charge in [0, 0.05) is 30.9 Å². The van der Waals surface area contributed by atoms with Gasteiger partial charge in [-0.25, -0.2) is 4.63 Å². The van der Waals surface area contributed by atoms with Crippen molar-refractivity contribution in [1.82, 2.24) is 15.2 Å². The van der Waals surface area contributed by atoms with Crippen LogP contribution in [-0.4, -0.2) is 53.5 Å². The summed E-state index contributed by atoms with van der Waals surface area (Å²) < 4.78 is 15.9. The Bertz CT molecular complexity index is 791. The Morgan fingerprint density at radius 1 is 1.27 bits per heavy atom. The van der Waals surface area contributed by atoms with E-state index in [1.165, 1.54) is 0 Å². The Kier molecular flexibility index (Phi) is 4.64. The van der Waals surface area contributed by atoms with Crippen molar-refractivity contribution in [3.8, 4) is 11.5 Å². The summed E-state index contributed by atoms with van der Waals surface area (Å²) in [5, 5.41) is 11.0. The topological polar surface area (TPSA) is 89.7 Å². The van der Waals surface area contributed by atoms with Gasteiger partial charge >= 0.3 is 0 Å². The second-order valence-corrected chi connectivity index (χ2v) is 6.65. The predicted molar refractivity (Wildman–Crippen MR) is 93.4 cm³/mol. The lowest BCUT2D eigenvalue weighted by Crippen LogP contribution is -2.45. The van der Waals surface area contributed by atoms with Gasteiger partial charge in [0.1, 0.15) is 24.6 Å². The van der Waals surface area contributed by atoms with E-state index in [1.54, 1.807) is 6.92 Å². The van der Waals surface area contributed by atoms with Gasteiger partial charge in [-0.05, 0) is 31.9 Å². The number of rotatable bonds is 4. The van der Waals surface area contributed by atoms with Crippen LogP contribution in [0.25, 0.3) is 0 Å². The van der Waals surface area contributed by atoms with Crippen molar-refractivity contribution in [3.63, 3.8) is 0 Å². The van der Waals surface area contributed by atoms with Crippen molar-refractivity contribution in [2.45, 2.75) is 32.2 Å². The van der Waals surface area contributed by atoms with Crippen LogP contribution in [0, 0.1) is 6.92 Å². The van der Waals surface area contributed by atoms with Gasteiger partial charge in [-0.1, -0.05) is 10.3 Å². The van der Waals surface area contributed by atoms with Gasteiger partial charge in [0.25, 0.3) is 0 Å². The molecule has 8 heteroatoms. The first-order valence-electron chi connectivity index (χ1n) is 8.91. The number of piperidine rings is 1. The molecule has 1 fully saturated rings. The molecule has 2 aliphatic rings. The fraction of sp³-hybridized carbons (Fsp3) is 0.500. The van der Waals surface area contributed by atoms with E-state index in [9.17, 15) is 4.79 Å². The summed E-state index contributed by atoms with van der Waals surface area (Å²) in [5.41, 5.74) is 2.25. The lowest BCUT2D eigenvalue weighted by atomic mass is 10.0. The van der Waals surface area contributed by atoms with Gasteiger partial charge in [-0.3, -0.25) is 4.79 Å². The Labute approximate surface area is 151 Å². The highest BCUT2D eigenvalue weighted by molar-refractivity contribution is 5.78. The van der Waals surface area contributed by atoms with Crippen LogP contribution in [-0.2, 0) is 11.2 Å². The first-order chi connectivity index (χ1) is 12.7. The summed E-state index contributed by atoms with van der Waals surface area (Å²) in [4.78, 5) is 14.4. The van der Waals surface area contributed by atoms with Gasteiger partial charge in [-0.2, -0.15) is 0 Å². The van der Waals surface area contributed by atoms with E-state index in [1.807, 2.05) is 23.1 Å². The number of aryl methyl sites for hydroxylation is 1. The zero-order valence-electron chi connectivity index (χ0n) is 14.7. The molecule has 0 spiro atoms. The van der Waals surface area contributed by atoms with Crippen LogP contribution in [0.5, 0.6) is 11.5 Å². The van der Waals surface area contributed by atoms with Gasteiger partial charge in [0.15, 0.2) is 11.5 Å². The van der Waals surface area contributed by atoms with Crippen molar-refractivity contribution >= 4 is 11.6 Å². The number of hydrogen-bond acceptors (Lipinski definition) is 7. The third kappa shape index (κ3) is 3.58. The average Bonchev–Trinajstić information content (AvgIpc) is 3.06. The number of aromatic nitrogens is 2. The maximum atomic E-state index is 12.6. The SMILES string of the molecule is Cc1nonc1CC(=O)N1CCCC(Nc2ccc3c(c2)OCCO3)C1. The lowest BCUT2D eigenvalue weighted by Gasteiger charge is -2.34. The Hall–Kier alpha value is -2.77. The molecule has 3 heterocycles.